The molecule has 1 atom stereocenters. The second-order valence-corrected chi connectivity index (χ2v) is 4.70. The normalized spacial score (nSPS) is 13.0. The fraction of sp³-hybridized carbons (Fsp3) is 0.133. The standard InChI is InChI=1S/C15H14N4O2/c20-15(21)14(5-11-8-16-9-19-11)18-7-10-6-17-13-4-2-1-3-12(10)13/h1-4,6-9,14,17H,5H2,(H,16,19)(H,20,21)/t14-/m0/s1. The minimum absolute atomic E-state index is 0.286. The molecule has 3 aromatic rings. The molecule has 0 aliphatic heterocycles. The number of carboxylic acids is 1. The van der Waals surface area contributed by atoms with E-state index in [1.54, 1.807) is 12.4 Å². The molecule has 106 valence electrons. The Balaban J connectivity index is 1.83. The van der Waals surface area contributed by atoms with Crippen LogP contribution >= 0.6 is 0 Å². The van der Waals surface area contributed by atoms with Gasteiger partial charge in [0.2, 0.25) is 0 Å². The number of rotatable bonds is 5. The Bertz CT molecular complexity index is 774. The van der Waals surface area contributed by atoms with Gasteiger partial charge in [0, 0.05) is 47.2 Å². The summed E-state index contributed by atoms with van der Waals surface area (Å²) in [5, 5.41) is 10.3. The molecule has 3 rings (SSSR count). The third kappa shape index (κ3) is 2.84. The molecule has 0 unspecified atom stereocenters. The van der Waals surface area contributed by atoms with Crippen LogP contribution in [0.4, 0.5) is 0 Å². The highest BCUT2D eigenvalue weighted by Gasteiger charge is 2.16. The zero-order valence-electron chi connectivity index (χ0n) is 11.2. The van der Waals surface area contributed by atoms with Gasteiger partial charge in [-0.2, -0.15) is 0 Å². The topological polar surface area (TPSA) is 94.1 Å². The summed E-state index contributed by atoms with van der Waals surface area (Å²) < 4.78 is 0. The van der Waals surface area contributed by atoms with Crippen molar-refractivity contribution in [2.75, 3.05) is 0 Å². The zero-order valence-corrected chi connectivity index (χ0v) is 11.2. The van der Waals surface area contributed by atoms with Crippen LogP contribution in [0.1, 0.15) is 11.3 Å². The van der Waals surface area contributed by atoms with E-state index in [0.29, 0.717) is 0 Å². The number of imidazole rings is 1. The molecule has 0 aliphatic rings. The molecule has 0 saturated carbocycles. The third-order valence-corrected chi connectivity index (χ3v) is 3.27. The Hall–Kier alpha value is -2.89. The fourth-order valence-corrected chi connectivity index (χ4v) is 2.18. The van der Waals surface area contributed by atoms with Crippen molar-refractivity contribution in [3.63, 3.8) is 0 Å². The van der Waals surface area contributed by atoms with Crippen LogP contribution in [0.2, 0.25) is 0 Å². The fourth-order valence-electron chi connectivity index (χ4n) is 2.18. The SMILES string of the molecule is O=C(O)[C@H](Cc1cnc[nH]1)N=Cc1c[nH]c2ccccc12. The number of hydrogen-bond acceptors (Lipinski definition) is 3. The van der Waals surface area contributed by atoms with Gasteiger partial charge in [-0.3, -0.25) is 4.99 Å². The highest BCUT2D eigenvalue weighted by Crippen LogP contribution is 2.16. The van der Waals surface area contributed by atoms with Crippen LogP contribution in [-0.4, -0.2) is 38.3 Å². The summed E-state index contributed by atoms with van der Waals surface area (Å²) in [6.45, 7) is 0. The van der Waals surface area contributed by atoms with Crippen LogP contribution < -0.4 is 0 Å². The first-order valence-corrected chi connectivity index (χ1v) is 6.53. The van der Waals surface area contributed by atoms with Crippen LogP contribution in [0.3, 0.4) is 0 Å². The Labute approximate surface area is 120 Å². The van der Waals surface area contributed by atoms with E-state index in [1.165, 1.54) is 6.33 Å². The van der Waals surface area contributed by atoms with Gasteiger partial charge < -0.3 is 15.1 Å². The maximum absolute atomic E-state index is 11.3. The number of aromatic amines is 2. The number of nitrogens with one attached hydrogen (secondary N) is 2. The summed E-state index contributed by atoms with van der Waals surface area (Å²) in [6.07, 6.45) is 6.85. The van der Waals surface area contributed by atoms with E-state index >= 15 is 0 Å². The molecule has 6 heteroatoms. The Morgan fingerprint density at radius 2 is 2.24 bits per heavy atom. The summed E-state index contributed by atoms with van der Waals surface area (Å²) in [6, 6.07) is 6.98. The molecule has 0 spiro atoms. The highest BCUT2D eigenvalue weighted by molar-refractivity contribution is 5.99. The van der Waals surface area contributed by atoms with Gasteiger partial charge >= 0.3 is 5.97 Å². The molecule has 0 aliphatic carbocycles. The first-order valence-electron chi connectivity index (χ1n) is 6.53. The van der Waals surface area contributed by atoms with Gasteiger partial charge in [0.15, 0.2) is 6.04 Å². The lowest BCUT2D eigenvalue weighted by molar-refractivity contribution is -0.138. The molecular formula is C15H14N4O2. The van der Waals surface area contributed by atoms with E-state index in [1.807, 2.05) is 30.5 Å². The van der Waals surface area contributed by atoms with Crippen LogP contribution in [0.25, 0.3) is 10.9 Å². The Morgan fingerprint density at radius 3 is 3.00 bits per heavy atom. The number of carbonyl (C=O) groups is 1. The van der Waals surface area contributed by atoms with E-state index in [0.717, 1.165) is 22.2 Å². The number of nitrogens with zero attached hydrogens (tertiary/aromatic N) is 2. The number of aromatic nitrogens is 3. The number of hydrogen-bond donors (Lipinski definition) is 3. The van der Waals surface area contributed by atoms with Gasteiger partial charge in [0.05, 0.1) is 6.33 Å². The van der Waals surface area contributed by atoms with Crippen molar-refractivity contribution < 1.29 is 9.90 Å². The van der Waals surface area contributed by atoms with Crippen molar-refractivity contribution in [3.8, 4) is 0 Å². The molecule has 0 fully saturated rings. The predicted octanol–water partition coefficient (Wildman–Crippen LogP) is 2.01. The molecule has 0 bridgehead atoms. The molecule has 0 radical (unpaired) electrons. The molecule has 2 aromatic heterocycles. The number of H-pyrrole nitrogens is 2. The lowest BCUT2D eigenvalue weighted by atomic mass is 10.1. The number of carboxylic acid groups (broad SMARTS) is 1. The summed E-state index contributed by atoms with van der Waals surface area (Å²) in [5.74, 6) is -0.958. The minimum Gasteiger partial charge on any atom is -0.480 e. The molecule has 0 saturated heterocycles. The van der Waals surface area contributed by atoms with Crippen LogP contribution in [-0.2, 0) is 11.2 Å². The van der Waals surface area contributed by atoms with E-state index in [-0.39, 0.29) is 6.42 Å². The molecule has 21 heavy (non-hydrogen) atoms. The summed E-state index contributed by atoms with van der Waals surface area (Å²) in [4.78, 5) is 25.4. The van der Waals surface area contributed by atoms with E-state index in [2.05, 4.69) is 19.9 Å². The van der Waals surface area contributed by atoms with Crippen molar-refractivity contribution >= 4 is 23.1 Å². The molecular weight excluding hydrogens is 268 g/mol. The Morgan fingerprint density at radius 1 is 1.38 bits per heavy atom. The van der Waals surface area contributed by atoms with Gasteiger partial charge in [-0.15, -0.1) is 0 Å². The second-order valence-electron chi connectivity index (χ2n) is 4.70. The first-order chi connectivity index (χ1) is 10.2. The van der Waals surface area contributed by atoms with E-state index < -0.39 is 12.0 Å². The third-order valence-electron chi connectivity index (χ3n) is 3.27. The number of para-hydroxylation sites is 1. The van der Waals surface area contributed by atoms with Gasteiger partial charge in [0.25, 0.3) is 0 Å². The van der Waals surface area contributed by atoms with E-state index in [4.69, 9.17) is 0 Å². The first kappa shape index (κ1) is 13.1. The average Bonchev–Trinajstić information content (AvgIpc) is 3.13. The lowest BCUT2D eigenvalue weighted by Gasteiger charge is -2.05. The molecule has 1 aromatic carbocycles. The largest absolute Gasteiger partial charge is 0.480 e. The average molecular weight is 282 g/mol. The van der Waals surface area contributed by atoms with Gasteiger partial charge in [-0.1, -0.05) is 18.2 Å². The number of aliphatic carboxylic acids is 1. The Kier molecular flexibility index (Phi) is 3.51. The highest BCUT2D eigenvalue weighted by atomic mass is 16.4. The second kappa shape index (κ2) is 5.62. The number of fused-ring (bicyclic) bond motifs is 1. The van der Waals surface area contributed by atoms with Crippen molar-refractivity contribution in [1.29, 1.82) is 0 Å². The monoisotopic (exact) mass is 282 g/mol. The summed E-state index contributed by atoms with van der Waals surface area (Å²) >= 11 is 0. The van der Waals surface area contributed by atoms with Crippen molar-refractivity contribution in [3.05, 3.63) is 54.2 Å². The van der Waals surface area contributed by atoms with Crippen molar-refractivity contribution in [1.82, 2.24) is 15.0 Å². The van der Waals surface area contributed by atoms with Gasteiger partial charge in [-0.25, -0.2) is 9.78 Å². The number of benzene rings is 1. The van der Waals surface area contributed by atoms with Crippen LogP contribution in [0, 0.1) is 0 Å². The van der Waals surface area contributed by atoms with Crippen LogP contribution in [0.15, 0.2) is 48.0 Å². The summed E-state index contributed by atoms with van der Waals surface area (Å²) in [5.41, 5.74) is 2.62. The van der Waals surface area contributed by atoms with Gasteiger partial charge in [-0.05, 0) is 6.07 Å². The maximum atomic E-state index is 11.3. The molecule has 0 amide bonds. The summed E-state index contributed by atoms with van der Waals surface area (Å²) in [7, 11) is 0. The lowest BCUT2D eigenvalue weighted by Crippen LogP contribution is -2.21. The molecule has 2 heterocycles. The number of aliphatic imine (C=N–C) groups is 1. The zero-order chi connectivity index (χ0) is 14.7. The van der Waals surface area contributed by atoms with E-state index in [9.17, 15) is 9.90 Å². The predicted molar refractivity (Wildman–Crippen MR) is 79.6 cm³/mol. The van der Waals surface area contributed by atoms with Gasteiger partial charge in [0.1, 0.15) is 0 Å². The smallest absolute Gasteiger partial charge is 0.328 e. The van der Waals surface area contributed by atoms with Crippen molar-refractivity contribution in [2.24, 2.45) is 4.99 Å². The maximum Gasteiger partial charge on any atom is 0.328 e. The minimum atomic E-state index is -0.958. The van der Waals surface area contributed by atoms with Crippen molar-refractivity contribution in [2.45, 2.75) is 12.5 Å². The van der Waals surface area contributed by atoms with Crippen LogP contribution in [0.5, 0.6) is 0 Å². The quantitative estimate of drug-likeness (QED) is 0.625. The molecule has 3 N–H and O–H groups in total. The molecule has 6 nitrogen and oxygen atoms in total.